The maximum absolute atomic E-state index is 10.3. The lowest BCUT2D eigenvalue weighted by Crippen LogP contribution is -1.89. The van der Waals surface area contributed by atoms with Crippen LogP contribution in [-0.2, 0) is 4.79 Å². The van der Waals surface area contributed by atoms with Crippen molar-refractivity contribution in [1.82, 2.24) is 0 Å². The fraction of sp³-hybridized carbons (Fsp3) is 0.650. The third kappa shape index (κ3) is 18.7. The highest BCUT2D eigenvalue weighted by molar-refractivity contribution is 5.68. The maximum atomic E-state index is 10.3. The third-order valence-electron chi connectivity index (χ3n) is 3.50. The fourth-order valence-electron chi connectivity index (χ4n) is 2.16. The number of hydrogen-bond acceptors (Lipinski definition) is 1. The van der Waals surface area contributed by atoms with Gasteiger partial charge in [0.25, 0.3) is 0 Å². The van der Waals surface area contributed by atoms with Crippen molar-refractivity contribution < 1.29 is 9.90 Å². The second-order valence-corrected chi connectivity index (χ2v) is 5.72. The van der Waals surface area contributed by atoms with Gasteiger partial charge in [0.15, 0.2) is 0 Å². The second kappa shape index (κ2) is 17.7. The summed E-state index contributed by atoms with van der Waals surface area (Å²) in [7, 11) is 0. The highest BCUT2D eigenvalue weighted by Crippen LogP contribution is 2.05. The van der Waals surface area contributed by atoms with Gasteiger partial charge in [-0.2, -0.15) is 0 Å². The van der Waals surface area contributed by atoms with Gasteiger partial charge in [0.1, 0.15) is 0 Å². The van der Waals surface area contributed by atoms with E-state index < -0.39 is 5.97 Å². The van der Waals surface area contributed by atoms with E-state index in [1.807, 2.05) is 6.08 Å². The SMILES string of the molecule is CCCCCC=CCCCCC=CCCCC=CCC(=O)O. The van der Waals surface area contributed by atoms with Gasteiger partial charge in [-0.15, -0.1) is 0 Å². The Morgan fingerprint density at radius 1 is 0.682 bits per heavy atom. The standard InChI is InChI=1S/C20H34O2/c1-2-3-4-5-6-7-8-9-10-11-12-13-14-15-16-17-18-19-20(21)22/h6-7,12-13,17-18H,2-5,8-11,14-16,19H2,1H3,(H,21,22). The molecule has 0 aliphatic rings. The Labute approximate surface area is 137 Å². The van der Waals surface area contributed by atoms with Crippen LogP contribution in [0.1, 0.15) is 84.0 Å². The summed E-state index contributed by atoms with van der Waals surface area (Å²) in [5.74, 6) is -0.757. The molecule has 0 heterocycles. The van der Waals surface area contributed by atoms with Gasteiger partial charge < -0.3 is 5.11 Å². The molecule has 0 saturated carbocycles. The number of hydrogen-bond donors (Lipinski definition) is 1. The quantitative estimate of drug-likeness (QED) is 0.279. The summed E-state index contributed by atoms with van der Waals surface area (Å²) in [4.78, 5) is 10.3. The second-order valence-electron chi connectivity index (χ2n) is 5.72. The van der Waals surface area contributed by atoms with Crippen LogP contribution in [0.15, 0.2) is 36.5 Å². The predicted octanol–water partition coefficient (Wildman–Crippen LogP) is 6.44. The van der Waals surface area contributed by atoms with Gasteiger partial charge in [-0.25, -0.2) is 0 Å². The van der Waals surface area contributed by atoms with Crippen molar-refractivity contribution in [2.75, 3.05) is 0 Å². The highest BCUT2D eigenvalue weighted by Gasteiger charge is 1.88. The molecule has 0 rings (SSSR count). The van der Waals surface area contributed by atoms with E-state index in [0.717, 1.165) is 19.3 Å². The molecular formula is C20H34O2. The highest BCUT2D eigenvalue weighted by atomic mass is 16.4. The average molecular weight is 306 g/mol. The van der Waals surface area contributed by atoms with Crippen LogP contribution in [0.2, 0.25) is 0 Å². The number of unbranched alkanes of at least 4 members (excludes halogenated alkanes) is 8. The van der Waals surface area contributed by atoms with Crippen molar-refractivity contribution in [2.24, 2.45) is 0 Å². The largest absolute Gasteiger partial charge is 0.481 e. The topological polar surface area (TPSA) is 37.3 Å². The number of carbonyl (C=O) groups is 1. The molecule has 0 aromatic carbocycles. The molecule has 0 fully saturated rings. The van der Waals surface area contributed by atoms with Crippen molar-refractivity contribution in [3.63, 3.8) is 0 Å². The number of rotatable bonds is 15. The zero-order valence-corrected chi connectivity index (χ0v) is 14.3. The Hall–Kier alpha value is -1.31. The van der Waals surface area contributed by atoms with Gasteiger partial charge in [-0.1, -0.05) is 56.2 Å². The molecule has 2 heteroatoms. The number of carboxylic acids is 1. The summed E-state index contributed by atoms with van der Waals surface area (Å²) in [6, 6.07) is 0. The minimum absolute atomic E-state index is 0.142. The summed E-state index contributed by atoms with van der Waals surface area (Å²) < 4.78 is 0. The van der Waals surface area contributed by atoms with Crippen LogP contribution in [0.4, 0.5) is 0 Å². The first-order chi connectivity index (χ1) is 10.8. The van der Waals surface area contributed by atoms with Gasteiger partial charge in [0, 0.05) is 0 Å². The van der Waals surface area contributed by atoms with Gasteiger partial charge >= 0.3 is 5.97 Å². The molecule has 126 valence electrons. The Kier molecular flexibility index (Phi) is 16.7. The molecule has 0 aromatic heterocycles. The van der Waals surface area contributed by atoms with E-state index in [1.165, 1.54) is 51.4 Å². The number of aliphatic carboxylic acids is 1. The Morgan fingerprint density at radius 2 is 1.09 bits per heavy atom. The lowest BCUT2D eigenvalue weighted by atomic mass is 10.1. The number of allylic oxidation sites excluding steroid dienone is 5. The van der Waals surface area contributed by atoms with Crippen LogP contribution in [0, 0.1) is 0 Å². The average Bonchev–Trinajstić information content (AvgIpc) is 2.50. The van der Waals surface area contributed by atoms with E-state index in [4.69, 9.17) is 5.11 Å². The first kappa shape index (κ1) is 20.7. The van der Waals surface area contributed by atoms with Crippen LogP contribution < -0.4 is 0 Å². The Balaban J connectivity index is 3.24. The lowest BCUT2D eigenvalue weighted by molar-refractivity contribution is -0.136. The van der Waals surface area contributed by atoms with Gasteiger partial charge in [0.05, 0.1) is 6.42 Å². The molecule has 0 aliphatic carbocycles. The number of carboxylic acid groups (broad SMARTS) is 1. The molecule has 0 amide bonds. The van der Waals surface area contributed by atoms with E-state index in [1.54, 1.807) is 6.08 Å². The smallest absolute Gasteiger partial charge is 0.307 e. The van der Waals surface area contributed by atoms with Crippen LogP contribution in [0.3, 0.4) is 0 Å². The van der Waals surface area contributed by atoms with Crippen LogP contribution in [0.5, 0.6) is 0 Å². The molecule has 1 N–H and O–H groups in total. The van der Waals surface area contributed by atoms with E-state index >= 15 is 0 Å². The van der Waals surface area contributed by atoms with E-state index in [2.05, 4.69) is 31.2 Å². The molecule has 0 spiro atoms. The normalized spacial score (nSPS) is 12.0. The first-order valence-corrected chi connectivity index (χ1v) is 8.94. The first-order valence-electron chi connectivity index (χ1n) is 8.94. The molecule has 0 aliphatic heterocycles. The van der Waals surface area contributed by atoms with Crippen LogP contribution >= 0.6 is 0 Å². The van der Waals surface area contributed by atoms with Crippen LogP contribution in [0.25, 0.3) is 0 Å². The zero-order chi connectivity index (χ0) is 16.3. The Morgan fingerprint density at radius 3 is 1.55 bits per heavy atom. The van der Waals surface area contributed by atoms with Crippen molar-refractivity contribution in [3.8, 4) is 0 Å². The van der Waals surface area contributed by atoms with Gasteiger partial charge in [0.2, 0.25) is 0 Å². The lowest BCUT2D eigenvalue weighted by Gasteiger charge is -1.95. The van der Waals surface area contributed by atoms with E-state index in [9.17, 15) is 4.79 Å². The monoisotopic (exact) mass is 306 g/mol. The molecule has 0 aromatic rings. The summed E-state index contributed by atoms with van der Waals surface area (Å²) in [5.41, 5.74) is 0. The van der Waals surface area contributed by atoms with Crippen molar-refractivity contribution in [1.29, 1.82) is 0 Å². The molecule has 0 atom stereocenters. The van der Waals surface area contributed by atoms with Crippen molar-refractivity contribution in [2.45, 2.75) is 84.0 Å². The summed E-state index contributed by atoms with van der Waals surface area (Å²) in [6.07, 6.45) is 26.4. The maximum Gasteiger partial charge on any atom is 0.307 e. The Bertz CT molecular complexity index is 327. The molecule has 0 unspecified atom stereocenters. The van der Waals surface area contributed by atoms with Gasteiger partial charge in [-0.05, 0) is 57.8 Å². The summed E-state index contributed by atoms with van der Waals surface area (Å²) in [5, 5.41) is 8.47. The minimum Gasteiger partial charge on any atom is -0.481 e. The molecule has 0 saturated heterocycles. The fourth-order valence-corrected chi connectivity index (χ4v) is 2.16. The summed E-state index contributed by atoms with van der Waals surface area (Å²) >= 11 is 0. The molecule has 0 bridgehead atoms. The van der Waals surface area contributed by atoms with Gasteiger partial charge in [-0.3, -0.25) is 4.79 Å². The summed E-state index contributed by atoms with van der Waals surface area (Å²) in [6.45, 7) is 2.24. The van der Waals surface area contributed by atoms with Crippen LogP contribution in [-0.4, -0.2) is 11.1 Å². The third-order valence-corrected chi connectivity index (χ3v) is 3.50. The van der Waals surface area contributed by atoms with Crippen molar-refractivity contribution in [3.05, 3.63) is 36.5 Å². The molecule has 0 radical (unpaired) electrons. The molecule has 2 nitrogen and oxygen atoms in total. The molecular weight excluding hydrogens is 272 g/mol. The predicted molar refractivity (Wildman–Crippen MR) is 96.1 cm³/mol. The molecule has 22 heavy (non-hydrogen) atoms. The zero-order valence-electron chi connectivity index (χ0n) is 14.3. The minimum atomic E-state index is -0.757. The van der Waals surface area contributed by atoms with E-state index in [0.29, 0.717) is 0 Å². The van der Waals surface area contributed by atoms with Crippen molar-refractivity contribution >= 4 is 5.97 Å². The van der Waals surface area contributed by atoms with E-state index in [-0.39, 0.29) is 6.42 Å².